The Morgan fingerprint density at radius 3 is 1.24 bits per heavy atom. The van der Waals surface area contributed by atoms with Crippen molar-refractivity contribution < 1.29 is 25.8 Å². The van der Waals surface area contributed by atoms with Gasteiger partial charge >= 0.3 is 0 Å². The van der Waals surface area contributed by atoms with Crippen molar-refractivity contribution in [2.75, 3.05) is 0 Å². The Hall–Kier alpha value is -2.81. The largest absolute Gasteiger partial charge is 0.164 e. The molecule has 0 heterocycles. The Bertz CT molecular complexity index is 1620. The maximum Gasteiger partial charge on any atom is 0.0307 e. The maximum atomic E-state index is 2.40. The first-order valence-corrected chi connectivity index (χ1v) is 19.2. The summed E-state index contributed by atoms with van der Waals surface area (Å²) < 4.78 is 0. The van der Waals surface area contributed by atoms with E-state index in [2.05, 4.69) is 150 Å². The second kappa shape index (κ2) is 19.8. The van der Waals surface area contributed by atoms with E-state index in [0.717, 1.165) is 22.4 Å². The van der Waals surface area contributed by atoms with E-state index < -0.39 is 0 Å². The van der Waals surface area contributed by atoms with Crippen LogP contribution in [0.2, 0.25) is 13.1 Å². The minimum Gasteiger partial charge on any atom is -0.164 e. The summed E-state index contributed by atoms with van der Waals surface area (Å²) in [6.45, 7) is 13.3. The number of benzene rings is 4. The molecule has 0 aromatic heterocycles. The molecule has 0 aliphatic carbocycles. The second-order valence-electron chi connectivity index (χ2n) is 12.1. The zero-order valence-electron chi connectivity index (χ0n) is 29.0. The van der Waals surface area contributed by atoms with Gasteiger partial charge in [-0.15, -0.1) is 69.1 Å². The van der Waals surface area contributed by atoms with Crippen LogP contribution in [-0.2, 0) is 51.5 Å². The summed E-state index contributed by atoms with van der Waals surface area (Å²) in [6, 6.07) is 40.5. The molecule has 0 aliphatic heterocycles. The predicted octanol–water partition coefficient (Wildman–Crippen LogP) is 13.0. The molecule has 2 heteroatoms. The quantitative estimate of drug-likeness (QED) is 0.0958. The fraction of sp³-hybridized carbons (Fsp3) is 0.318. The summed E-state index contributed by atoms with van der Waals surface area (Å²) in [7, 11) is 1.08. The summed E-state index contributed by atoms with van der Waals surface area (Å²) >= 11 is 0. The van der Waals surface area contributed by atoms with E-state index in [4.69, 9.17) is 0 Å². The average Bonchev–Trinajstić information content (AvgIpc) is 3.71. The van der Waals surface area contributed by atoms with Gasteiger partial charge in [0, 0.05) is 35.4 Å². The zero-order valence-corrected chi connectivity index (χ0v) is 33.6. The van der Waals surface area contributed by atoms with Crippen molar-refractivity contribution in [2.24, 2.45) is 0 Å². The van der Waals surface area contributed by atoms with E-state index in [1.54, 1.807) is 0 Å². The molecule has 0 nitrogen and oxygen atoms in total. The Balaban J connectivity index is 0.000000226. The topological polar surface area (TPSA) is 0 Å². The molecule has 2 radical (unpaired) electrons. The number of aryl methyl sites for hydroxylation is 4. The molecule has 0 saturated heterocycles. The van der Waals surface area contributed by atoms with Crippen LogP contribution in [0.5, 0.6) is 0 Å². The Morgan fingerprint density at radius 1 is 0.500 bits per heavy atom. The van der Waals surface area contributed by atoms with Crippen LogP contribution in [0, 0.1) is 0 Å². The first-order chi connectivity index (χ1) is 22.1. The van der Waals surface area contributed by atoms with Gasteiger partial charge in [0.05, 0.1) is 0 Å². The molecular weight excluding hydrogens is 735 g/mol. The van der Waals surface area contributed by atoms with E-state index in [0.29, 0.717) is 0 Å². The van der Waals surface area contributed by atoms with Gasteiger partial charge in [0.2, 0.25) is 0 Å². The molecule has 0 N–H and O–H groups in total. The average molecular weight is 787 g/mol. The molecule has 6 aromatic rings. The molecule has 238 valence electrons. The maximum absolute atomic E-state index is 2.40. The van der Waals surface area contributed by atoms with Crippen LogP contribution < -0.4 is 0 Å². The van der Waals surface area contributed by atoms with Crippen LogP contribution in [-0.4, -0.2) is 9.52 Å². The van der Waals surface area contributed by atoms with Crippen molar-refractivity contribution in [3.8, 4) is 22.3 Å². The molecule has 0 fully saturated rings. The number of rotatable bonds is 10. The molecule has 0 amide bonds. The summed E-state index contributed by atoms with van der Waals surface area (Å²) in [5, 5.41) is 5.57. The second-order valence-corrected chi connectivity index (χ2v) is 13.1. The van der Waals surface area contributed by atoms with Gasteiger partial charge in [-0.05, 0) is 47.9 Å². The van der Waals surface area contributed by atoms with E-state index in [9.17, 15) is 0 Å². The van der Waals surface area contributed by atoms with Crippen molar-refractivity contribution in [2.45, 2.75) is 92.2 Å². The summed E-state index contributed by atoms with van der Waals surface area (Å²) in [4.78, 5) is 0. The number of fused-ring (bicyclic) bond motifs is 2. The molecular formula is C44H52HfSi-2. The predicted molar refractivity (Wildman–Crippen MR) is 203 cm³/mol. The van der Waals surface area contributed by atoms with Crippen LogP contribution in [0.3, 0.4) is 0 Å². The standard InChI is InChI=1S/2C21H23.C2H6Si.Hf/c2*1-3-5-9-16-14-18-11-8-13-20(21(18)15-16)19-12-7-6-10-17(19)4-2;1-3-2;/h2*6-8,10-15H,3-5,9H2,1-2H3;1-2H3;/q2*-1;;. The van der Waals surface area contributed by atoms with Gasteiger partial charge in [0.15, 0.2) is 0 Å². The number of unbranched alkanes of at least 4 members (excludes halogenated alkanes) is 2. The minimum absolute atomic E-state index is 0. The van der Waals surface area contributed by atoms with Crippen LogP contribution in [0.4, 0.5) is 0 Å². The minimum atomic E-state index is 0. The summed E-state index contributed by atoms with van der Waals surface area (Å²) in [6.07, 6.45) is 9.61. The van der Waals surface area contributed by atoms with E-state index >= 15 is 0 Å². The third-order valence-corrected chi connectivity index (χ3v) is 8.64. The first kappa shape index (κ1) is 37.6. The molecule has 0 unspecified atom stereocenters. The molecule has 0 aliphatic rings. The van der Waals surface area contributed by atoms with Crippen molar-refractivity contribution in [3.63, 3.8) is 0 Å². The van der Waals surface area contributed by atoms with E-state index in [-0.39, 0.29) is 25.8 Å². The van der Waals surface area contributed by atoms with Crippen molar-refractivity contribution >= 4 is 31.1 Å². The van der Waals surface area contributed by atoms with Crippen LogP contribution >= 0.6 is 0 Å². The van der Waals surface area contributed by atoms with Crippen LogP contribution in [0.25, 0.3) is 43.8 Å². The molecule has 0 atom stereocenters. The number of hydrogen-bond donors (Lipinski definition) is 0. The van der Waals surface area contributed by atoms with E-state index in [1.165, 1.54) is 105 Å². The molecule has 6 aromatic carbocycles. The Kier molecular flexibility index (Phi) is 16.2. The fourth-order valence-corrected chi connectivity index (χ4v) is 6.30. The smallest absolute Gasteiger partial charge is 0.0307 e. The molecule has 0 bridgehead atoms. The fourth-order valence-electron chi connectivity index (χ4n) is 6.30. The van der Waals surface area contributed by atoms with Gasteiger partial charge in [-0.3, -0.25) is 0 Å². The van der Waals surface area contributed by atoms with Gasteiger partial charge in [-0.2, -0.15) is 12.1 Å². The monoisotopic (exact) mass is 788 g/mol. The van der Waals surface area contributed by atoms with Crippen LogP contribution in [0.15, 0.2) is 109 Å². The van der Waals surface area contributed by atoms with Gasteiger partial charge in [-0.1, -0.05) is 138 Å². The SMILES string of the molecule is CCCCc1cc2c(-c3ccccc3CC)cccc2[cH-]1.CCCCc1cc2c(-c3ccccc3CC)cccc2[cH-]1.C[Si]C.[Hf]. The molecule has 0 spiro atoms. The normalized spacial score (nSPS) is 10.6. The third kappa shape index (κ3) is 9.61. The molecule has 46 heavy (non-hydrogen) atoms. The summed E-state index contributed by atoms with van der Waals surface area (Å²) in [5.41, 5.74) is 11.4. The van der Waals surface area contributed by atoms with Crippen LogP contribution in [0.1, 0.15) is 75.6 Å². The first-order valence-electron chi connectivity index (χ1n) is 17.2. The zero-order chi connectivity index (χ0) is 32.0. The molecule has 6 rings (SSSR count). The Labute approximate surface area is 301 Å². The van der Waals surface area contributed by atoms with Crippen molar-refractivity contribution in [1.29, 1.82) is 0 Å². The van der Waals surface area contributed by atoms with Gasteiger partial charge in [0.1, 0.15) is 0 Å². The molecule has 0 saturated carbocycles. The summed E-state index contributed by atoms with van der Waals surface area (Å²) in [5.74, 6) is 0. The third-order valence-electron chi connectivity index (χ3n) is 8.64. The van der Waals surface area contributed by atoms with Crippen molar-refractivity contribution in [3.05, 3.63) is 131 Å². The number of hydrogen-bond acceptors (Lipinski definition) is 0. The van der Waals surface area contributed by atoms with Crippen molar-refractivity contribution in [1.82, 2.24) is 0 Å². The van der Waals surface area contributed by atoms with E-state index in [1.807, 2.05) is 0 Å². The van der Waals surface area contributed by atoms with Gasteiger partial charge < -0.3 is 0 Å². The van der Waals surface area contributed by atoms with Gasteiger partial charge in [0.25, 0.3) is 0 Å². The Morgan fingerprint density at radius 2 is 0.870 bits per heavy atom. The van der Waals surface area contributed by atoms with Gasteiger partial charge in [-0.25, -0.2) is 0 Å².